The van der Waals surface area contributed by atoms with E-state index in [2.05, 4.69) is 10.2 Å². The molecule has 3 aliphatic rings. The topological polar surface area (TPSA) is 73.0 Å². The zero-order valence-electron chi connectivity index (χ0n) is 18.8. The lowest BCUT2D eigenvalue weighted by Gasteiger charge is -2.39. The fourth-order valence-electron chi connectivity index (χ4n) is 4.82. The Bertz CT molecular complexity index is 1080. The van der Waals surface area contributed by atoms with Gasteiger partial charge >= 0.3 is 0 Å². The van der Waals surface area contributed by atoms with Crippen molar-refractivity contribution in [2.45, 2.75) is 23.0 Å². The summed E-state index contributed by atoms with van der Waals surface area (Å²) < 4.78 is 13.2. The van der Waals surface area contributed by atoms with E-state index in [1.807, 2.05) is 29.2 Å². The molecular weight excluding hydrogens is 455 g/mol. The van der Waals surface area contributed by atoms with Gasteiger partial charge in [-0.15, -0.1) is 11.8 Å². The van der Waals surface area contributed by atoms with Crippen LogP contribution in [0.5, 0.6) is 0 Å². The number of hydrogen-bond donors (Lipinski definition) is 1. The molecule has 3 aliphatic heterocycles. The Kier molecular flexibility index (Phi) is 6.45. The molecule has 1 unspecified atom stereocenters. The second-order valence-electron chi connectivity index (χ2n) is 8.87. The summed E-state index contributed by atoms with van der Waals surface area (Å²) in [6.07, 6.45) is 1.22. The molecule has 178 valence electrons. The van der Waals surface area contributed by atoms with E-state index in [4.69, 9.17) is 0 Å². The number of nitrogens with one attached hydrogen (secondary N) is 1. The summed E-state index contributed by atoms with van der Waals surface area (Å²) in [5, 5.41) is 2.04. The lowest BCUT2D eigenvalue weighted by Crippen LogP contribution is -2.53. The van der Waals surface area contributed by atoms with Crippen molar-refractivity contribution in [1.82, 2.24) is 9.80 Å². The third kappa shape index (κ3) is 4.61. The number of carbonyl (C=O) groups excluding carboxylic acids is 3. The van der Waals surface area contributed by atoms with Gasteiger partial charge in [0.1, 0.15) is 5.82 Å². The fraction of sp³-hybridized carbons (Fsp3) is 0.400. The van der Waals surface area contributed by atoms with Crippen LogP contribution in [0.1, 0.15) is 12.8 Å². The number of likely N-dealkylation sites (tertiary alicyclic amines) is 1. The Balaban J connectivity index is 1.12. The van der Waals surface area contributed by atoms with Gasteiger partial charge in [0.15, 0.2) is 5.25 Å². The molecule has 1 N–H and O–H groups in total. The molecule has 2 saturated heterocycles. The van der Waals surface area contributed by atoms with Crippen LogP contribution < -0.4 is 10.2 Å². The maximum Gasteiger partial charge on any atom is 0.247 e. The minimum absolute atomic E-state index is 0.102. The number of carbonyl (C=O) groups is 3. The number of amides is 3. The molecular formula is C25H27FN4O3S. The zero-order valence-corrected chi connectivity index (χ0v) is 19.6. The number of para-hydroxylation sites is 1. The number of anilines is 2. The van der Waals surface area contributed by atoms with Gasteiger partial charge in [0.2, 0.25) is 17.7 Å². The van der Waals surface area contributed by atoms with Gasteiger partial charge in [-0.25, -0.2) is 4.39 Å². The first-order valence-electron chi connectivity index (χ1n) is 11.6. The Morgan fingerprint density at radius 2 is 1.50 bits per heavy atom. The first kappa shape index (κ1) is 22.7. The molecule has 0 bridgehead atoms. The molecule has 5 rings (SSSR count). The molecule has 7 nitrogen and oxygen atoms in total. The van der Waals surface area contributed by atoms with E-state index in [1.165, 1.54) is 23.9 Å². The SMILES string of the molecule is O=C1Nc2ccccc2SC1C(=O)N1CCC(C(=O)N2CCN(c3ccc(F)cc3)CC2)CC1. The molecule has 2 aromatic carbocycles. The van der Waals surface area contributed by atoms with Crippen LogP contribution in [0.4, 0.5) is 15.8 Å². The number of rotatable bonds is 3. The van der Waals surface area contributed by atoms with Gasteiger partial charge in [-0.2, -0.15) is 0 Å². The Morgan fingerprint density at radius 1 is 0.853 bits per heavy atom. The van der Waals surface area contributed by atoms with Crippen LogP contribution in [0.15, 0.2) is 53.4 Å². The van der Waals surface area contributed by atoms with Gasteiger partial charge in [0.05, 0.1) is 5.69 Å². The molecule has 0 aromatic heterocycles. The maximum absolute atomic E-state index is 13.2. The standard InChI is InChI=1S/C25H27FN4O3S/c26-18-5-7-19(8-6-18)28-13-15-30(16-14-28)24(32)17-9-11-29(12-10-17)25(33)22-23(31)27-20-3-1-2-4-21(20)34-22/h1-8,17,22H,9-16H2,(H,27,31). The maximum atomic E-state index is 13.2. The van der Waals surface area contributed by atoms with Crippen molar-refractivity contribution in [3.63, 3.8) is 0 Å². The number of halogens is 1. The van der Waals surface area contributed by atoms with Crippen molar-refractivity contribution in [3.8, 4) is 0 Å². The normalized spacial score (nSPS) is 21.1. The molecule has 2 aromatic rings. The van der Waals surface area contributed by atoms with E-state index in [0.717, 1.165) is 16.3 Å². The third-order valence-electron chi connectivity index (χ3n) is 6.79. The molecule has 0 saturated carbocycles. The molecule has 3 heterocycles. The second-order valence-corrected chi connectivity index (χ2v) is 10.0. The minimum Gasteiger partial charge on any atom is -0.368 e. The van der Waals surface area contributed by atoms with E-state index >= 15 is 0 Å². The monoisotopic (exact) mass is 482 g/mol. The number of thioether (sulfide) groups is 1. The molecule has 2 fully saturated rings. The number of hydrogen-bond acceptors (Lipinski definition) is 5. The van der Waals surface area contributed by atoms with Crippen molar-refractivity contribution < 1.29 is 18.8 Å². The zero-order chi connectivity index (χ0) is 23.7. The summed E-state index contributed by atoms with van der Waals surface area (Å²) in [4.78, 5) is 45.3. The smallest absolute Gasteiger partial charge is 0.247 e. The predicted octanol–water partition coefficient (Wildman–Crippen LogP) is 2.83. The first-order valence-corrected chi connectivity index (χ1v) is 12.5. The minimum atomic E-state index is -0.790. The summed E-state index contributed by atoms with van der Waals surface area (Å²) in [7, 11) is 0. The van der Waals surface area contributed by atoms with Gasteiger partial charge in [0.25, 0.3) is 0 Å². The van der Waals surface area contributed by atoms with Crippen LogP contribution in [0.25, 0.3) is 0 Å². The molecule has 1 atom stereocenters. The second kappa shape index (κ2) is 9.66. The molecule has 34 heavy (non-hydrogen) atoms. The van der Waals surface area contributed by atoms with E-state index in [-0.39, 0.29) is 29.5 Å². The highest BCUT2D eigenvalue weighted by atomic mass is 32.2. The van der Waals surface area contributed by atoms with Crippen LogP contribution in [0.3, 0.4) is 0 Å². The number of nitrogens with zero attached hydrogens (tertiary/aromatic N) is 3. The van der Waals surface area contributed by atoms with Gasteiger partial charge in [0, 0.05) is 55.8 Å². The molecule has 9 heteroatoms. The first-order chi connectivity index (χ1) is 16.5. The quantitative estimate of drug-likeness (QED) is 0.682. The average molecular weight is 483 g/mol. The Labute approximate surface area is 202 Å². The van der Waals surface area contributed by atoms with Crippen molar-refractivity contribution in [2.24, 2.45) is 5.92 Å². The average Bonchev–Trinajstić information content (AvgIpc) is 2.88. The van der Waals surface area contributed by atoms with E-state index in [0.29, 0.717) is 52.1 Å². The number of piperidine rings is 1. The highest BCUT2D eigenvalue weighted by Crippen LogP contribution is 2.36. The lowest BCUT2D eigenvalue weighted by molar-refractivity contribution is -0.141. The highest BCUT2D eigenvalue weighted by Gasteiger charge is 2.38. The largest absolute Gasteiger partial charge is 0.368 e. The third-order valence-corrected chi connectivity index (χ3v) is 8.05. The molecule has 0 spiro atoms. The number of benzene rings is 2. The van der Waals surface area contributed by atoms with Gasteiger partial charge < -0.3 is 20.0 Å². The summed E-state index contributed by atoms with van der Waals surface area (Å²) in [5.74, 6) is -0.684. The van der Waals surface area contributed by atoms with Gasteiger partial charge in [-0.1, -0.05) is 12.1 Å². The van der Waals surface area contributed by atoms with Crippen LogP contribution >= 0.6 is 11.8 Å². The molecule has 3 amide bonds. The number of fused-ring (bicyclic) bond motifs is 1. The van der Waals surface area contributed by atoms with Crippen molar-refractivity contribution in [3.05, 3.63) is 54.3 Å². The molecule has 0 aliphatic carbocycles. The van der Waals surface area contributed by atoms with Crippen molar-refractivity contribution in [1.29, 1.82) is 0 Å². The molecule has 0 radical (unpaired) electrons. The Hall–Kier alpha value is -3.07. The highest BCUT2D eigenvalue weighted by molar-refractivity contribution is 8.01. The van der Waals surface area contributed by atoms with Gasteiger partial charge in [-0.05, 0) is 49.2 Å². The Morgan fingerprint density at radius 3 is 2.21 bits per heavy atom. The van der Waals surface area contributed by atoms with Crippen LogP contribution in [-0.2, 0) is 14.4 Å². The lowest BCUT2D eigenvalue weighted by atomic mass is 9.94. The fourth-order valence-corrected chi connectivity index (χ4v) is 5.89. The van der Waals surface area contributed by atoms with Crippen LogP contribution in [0.2, 0.25) is 0 Å². The predicted molar refractivity (Wildman–Crippen MR) is 129 cm³/mol. The van der Waals surface area contributed by atoms with Gasteiger partial charge in [-0.3, -0.25) is 14.4 Å². The van der Waals surface area contributed by atoms with Crippen LogP contribution in [-0.4, -0.2) is 72.0 Å². The van der Waals surface area contributed by atoms with Crippen molar-refractivity contribution in [2.75, 3.05) is 49.5 Å². The van der Waals surface area contributed by atoms with E-state index in [1.54, 1.807) is 17.0 Å². The van der Waals surface area contributed by atoms with Crippen LogP contribution in [0, 0.1) is 11.7 Å². The summed E-state index contributed by atoms with van der Waals surface area (Å²) in [6.45, 7) is 3.66. The van der Waals surface area contributed by atoms with E-state index < -0.39 is 5.25 Å². The van der Waals surface area contributed by atoms with Crippen molar-refractivity contribution >= 4 is 40.9 Å². The number of piperazine rings is 1. The summed E-state index contributed by atoms with van der Waals surface area (Å²) in [5.41, 5.74) is 1.71. The summed E-state index contributed by atoms with van der Waals surface area (Å²) >= 11 is 1.29. The summed E-state index contributed by atoms with van der Waals surface area (Å²) in [6, 6.07) is 13.9. The van der Waals surface area contributed by atoms with E-state index in [9.17, 15) is 18.8 Å².